The monoisotopic (exact) mass is 351 g/mol. The van der Waals surface area contributed by atoms with Crippen molar-refractivity contribution in [2.45, 2.75) is 32.4 Å². The van der Waals surface area contributed by atoms with Crippen LogP contribution in [0.1, 0.15) is 24.6 Å². The first-order valence-corrected chi connectivity index (χ1v) is 8.82. The number of rotatable bonds is 4. The molecule has 4 rings (SSSR count). The van der Waals surface area contributed by atoms with Gasteiger partial charge in [-0.2, -0.15) is 0 Å². The van der Waals surface area contributed by atoms with Gasteiger partial charge in [0, 0.05) is 37.1 Å². The summed E-state index contributed by atoms with van der Waals surface area (Å²) >= 11 is 0. The Morgan fingerprint density at radius 3 is 3.08 bits per heavy atom. The number of H-pyrrole nitrogens is 1. The number of amides is 1. The Morgan fingerprint density at radius 2 is 2.19 bits per heavy atom. The smallest absolute Gasteiger partial charge is 0.272 e. The summed E-state index contributed by atoms with van der Waals surface area (Å²) < 4.78 is 1.38. The van der Waals surface area contributed by atoms with Gasteiger partial charge in [0.05, 0.1) is 11.7 Å². The van der Waals surface area contributed by atoms with Gasteiger partial charge in [-0.25, -0.2) is 9.50 Å². The van der Waals surface area contributed by atoms with Crippen LogP contribution >= 0.6 is 0 Å². The van der Waals surface area contributed by atoms with E-state index >= 15 is 0 Å². The molecule has 7 heteroatoms. The Morgan fingerprint density at radius 1 is 1.35 bits per heavy atom. The van der Waals surface area contributed by atoms with Crippen LogP contribution in [-0.2, 0) is 17.8 Å². The summed E-state index contributed by atoms with van der Waals surface area (Å²) in [7, 11) is 0. The number of nitrogens with one attached hydrogen (secondary N) is 2. The van der Waals surface area contributed by atoms with Crippen molar-refractivity contribution in [1.29, 1.82) is 0 Å². The second-order valence-corrected chi connectivity index (χ2v) is 6.57. The van der Waals surface area contributed by atoms with Crippen molar-refractivity contribution < 1.29 is 4.79 Å². The molecule has 0 aliphatic carbocycles. The quantitative estimate of drug-likeness (QED) is 0.746. The third-order valence-corrected chi connectivity index (χ3v) is 4.77. The number of carbonyl (C=O) groups is 1. The van der Waals surface area contributed by atoms with E-state index in [9.17, 15) is 9.59 Å². The number of aromatic nitrogens is 3. The van der Waals surface area contributed by atoms with Crippen LogP contribution in [0.15, 0.2) is 47.4 Å². The first-order chi connectivity index (χ1) is 12.6. The molecule has 1 unspecified atom stereocenters. The lowest BCUT2D eigenvalue weighted by molar-refractivity contribution is -0.120. The van der Waals surface area contributed by atoms with Crippen LogP contribution < -0.4 is 15.8 Å². The van der Waals surface area contributed by atoms with Gasteiger partial charge in [0.25, 0.3) is 5.56 Å². The van der Waals surface area contributed by atoms with Crippen molar-refractivity contribution in [2.75, 3.05) is 11.4 Å². The summed E-state index contributed by atoms with van der Waals surface area (Å²) in [5, 5.41) is 6.01. The van der Waals surface area contributed by atoms with Gasteiger partial charge in [0.2, 0.25) is 5.91 Å². The predicted octanol–water partition coefficient (Wildman–Crippen LogP) is 1.48. The lowest BCUT2D eigenvalue weighted by atomic mass is 10.0. The molecule has 0 fully saturated rings. The Labute approximate surface area is 150 Å². The highest BCUT2D eigenvalue weighted by molar-refractivity contribution is 5.97. The zero-order valence-electron chi connectivity index (χ0n) is 14.6. The molecule has 7 nitrogen and oxygen atoms in total. The maximum Gasteiger partial charge on any atom is 0.272 e. The molecule has 0 saturated heterocycles. The minimum Gasteiger partial charge on any atom is -0.311 e. The van der Waals surface area contributed by atoms with E-state index in [4.69, 9.17) is 0 Å². The molecule has 1 atom stereocenters. The molecule has 1 amide bonds. The van der Waals surface area contributed by atoms with Gasteiger partial charge in [-0.15, -0.1) is 0 Å². The summed E-state index contributed by atoms with van der Waals surface area (Å²) in [6, 6.07) is 10.9. The number of aryl methyl sites for hydroxylation is 1. The van der Waals surface area contributed by atoms with E-state index in [0.717, 1.165) is 25.1 Å². The largest absolute Gasteiger partial charge is 0.311 e. The minimum absolute atomic E-state index is 0.0385. The minimum atomic E-state index is -0.368. The average molecular weight is 351 g/mol. The first kappa shape index (κ1) is 16.5. The zero-order valence-corrected chi connectivity index (χ0v) is 14.6. The normalized spacial score (nSPS) is 15.0. The van der Waals surface area contributed by atoms with E-state index in [2.05, 4.69) is 21.5 Å². The summed E-state index contributed by atoms with van der Waals surface area (Å²) in [5.74, 6) is 0.0385. The Kier molecular flexibility index (Phi) is 4.30. The first-order valence-electron chi connectivity index (χ1n) is 8.82. The zero-order chi connectivity index (χ0) is 18.1. The lowest BCUT2D eigenvalue weighted by Crippen LogP contribution is -2.46. The molecule has 0 spiro atoms. The van der Waals surface area contributed by atoms with Crippen molar-refractivity contribution in [3.8, 4) is 0 Å². The van der Waals surface area contributed by atoms with Gasteiger partial charge in [0.15, 0.2) is 5.65 Å². The van der Waals surface area contributed by atoms with Crippen LogP contribution in [0.4, 0.5) is 5.69 Å². The SMILES string of the molecule is CC(NCc1cc(=O)n2[nH]ccc2n1)C(=O)N1CCCc2ccccc21. The fourth-order valence-corrected chi connectivity index (χ4v) is 3.41. The molecule has 3 heterocycles. The molecular formula is C19H21N5O2. The Hall–Kier alpha value is -2.93. The second kappa shape index (κ2) is 6.76. The summed E-state index contributed by atoms with van der Waals surface area (Å²) in [5.41, 5.74) is 3.24. The van der Waals surface area contributed by atoms with E-state index in [0.29, 0.717) is 17.9 Å². The lowest BCUT2D eigenvalue weighted by Gasteiger charge is -2.31. The second-order valence-electron chi connectivity index (χ2n) is 6.57. The molecule has 1 aromatic carbocycles. The number of hydrogen-bond acceptors (Lipinski definition) is 4. The highest BCUT2D eigenvalue weighted by Gasteiger charge is 2.25. The fourth-order valence-electron chi connectivity index (χ4n) is 3.41. The third-order valence-electron chi connectivity index (χ3n) is 4.77. The van der Waals surface area contributed by atoms with E-state index in [-0.39, 0.29) is 17.5 Å². The number of para-hydroxylation sites is 1. The molecule has 134 valence electrons. The van der Waals surface area contributed by atoms with Crippen molar-refractivity contribution >= 4 is 17.2 Å². The van der Waals surface area contributed by atoms with E-state index in [1.54, 1.807) is 12.3 Å². The van der Waals surface area contributed by atoms with Gasteiger partial charge in [-0.1, -0.05) is 18.2 Å². The predicted molar refractivity (Wildman–Crippen MR) is 99.2 cm³/mol. The van der Waals surface area contributed by atoms with Crippen molar-refractivity contribution in [1.82, 2.24) is 19.9 Å². The summed E-state index contributed by atoms with van der Waals surface area (Å²) in [4.78, 5) is 31.2. The van der Waals surface area contributed by atoms with Gasteiger partial charge in [-0.3, -0.25) is 14.7 Å². The number of fused-ring (bicyclic) bond motifs is 2. The van der Waals surface area contributed by atoms with Gasteiger partial charge < -0.3 is 10.2 Å². The van der Waals surface area contributed by atoms with E-state index in [1.165, 1.54) is 16.1 Å². The number of carbonyl (C=O) groups excluding carboxylic acids is 1. The van der Waals surface area contributed by atoms with Crippen LogP contribution in [0, 0.1) is 0 Å². The van der Waals surface area contributed by atoms with Gasteiger partial charge in [-0.05, 0) is 31.4 Å². The van der Waals surface area contributed by atoms with Crippen LogP contribution in [0.5, 0.6) is 0 Å². The van der Waals surface area contributed by atoms with Crippen LogP contribution in [0.2, 0.25) is 0 Å². The van der Waals surface area contributed by atoms with Crippen LogP contribution in [0.25, 0.3) is 5.65 Å². The number of nitrogens with zero attached hydrogens (tertiary/aromatic N) is 3. The van der Waals surface area contributed by atoms with Crippen LogP contribution in [0.3, 0.4) is 0 Å². The molecule has 3 aromatic rings. The Bertz CT molecular complexity index is 1010. The maximum atomic E-state index is 12.9. The third kappa shape index (κ3) is 3.01. The number of aromatic amines is 1. The summed E-state index contributed by atoms with van der Waals surface area (Å²) in [6.45, 7) is 2.94. The van der Waals surface area contributed by atoms with E-state index in [1.807, 2.05) is 30.0 Å². The molecule has 2 aromatic heterocycles. The molecule has 26 heavy (non-hydrogen) atoms. The molecule has 0 saturated carbocycles. The number of anilines is 1. The van der Waals surface area contributed by atoms with Crippen LogP contribution in [-0.4, -0.2) is 33.1 Å². The summed E-state index contributed by atoms with van der Waals surface area (Å²) in [6.07, 6.45) is 3.64. The highest BCUT2D eigenvalue weighted by atomic mass is 16.2. The number of hydrogen-bond donors (Lipinski definition) is 2. The molecule has 0 radical (unpaired) electrons. The molecule has 1 aliphatic rings. The van der Waals surface area contributed by atoms with Crippen molar-refractivity contribution in [3.05, 3.63) is 64.2 Å². The topological polar surface area (TPSA) is 82.5 Å². The average Bonchev–Trinajstić information content (AvgIpc) is 3.14. The van der Waals surface area contributed by atoms with Crippen molar-refractivity contribution in [2.24, 2.45) is 0 Å². The molecule has 0 bridgehead atoms. The van der Waals surface area contributed by atoms with E-state index < -0.39 is 0 Å². The standard InChI is InChI=1S/C19H21N5O2/c1-13(19(26)23-10-4-6-14-5-2-3-7-16(14)23)20-12-15-11-18(25)24-17(22-15)8-9-21-24/h2-3,5,7-9,11,13,20-21H,4,6,10,12H2,1H3. The molecular weight excluding hydrogens is 330 g/mol. The molecule has 1 aliphatic heterocycles. The number of benzene rings is 1. The fraction of sp³-hybridized carbons (Fsp3) is 0.316. The van der Waals surface area contributed by atoms with Gasteiger partial charge >= 0.3 is 0 Å². The maximum absolute atomic E-state index is 12.9. The van der Waals surface area contributed by atoms with Crippen molar-refractivity contribution in [3.63, 3.8) is 0 Å². The van der Waals surface area contributed by atoms with Gasteiger partial charge in [0.1, 0.15) is 0 Å². The Balaban J connectivity index is 1.47. The highest BCUT2D eigenvalue weighted by Crippen LogP contribution is 2.27. The molecule has 2 N–H and O–H groups in total.